The first kappa shape index (κ1) is 16.8. The summed E-state index contributed by atoms with van der Waals surface area (Å²) < 4.78 is 11.4. The van der Waals surface area contributed by atoms with Gasteiger partial charge in [0.2, 0.25) is 0 Å². The van der Waals surface area contributed by atoms with Crippen LogP contribution in [0.2, 0.25) is 32.7 Å². The molecule has 0 fully saturated rings. The molecule has 2 N–H and O–H groups in total. The van der Waals surface area contributed by atoms with Crippen molar-refractivity contribution in [2.45, 2.75) is 59.0 Å². The van der Waals surface area contributed by atoms with Gasteiger partial charge in [-0.2, -0.15) is 0 Å². The molecule has 6 heteroatoms. The number of carbonyl (C=O) groups excluding carboxylic acids is 1. The number of carbonyl (C=O) groups is 1. The summed E-state index contributed by atoms with van der Waals surface area (Å²) in [6.07, 6.45) is 0.649. The van der Waals surface area contributed by atoms with Crippen LogP contribution >= 0.6 is 0 Å². The lowest BCUT2D eigenvalue weighted by atomic mass is 10.1. The predicted octanol–water partition coefficient (Wildman–Crippen LogP) is 2.46. The van der Waals surface area contributed by atoms with Crippen LogP contribution in [0, 0.1) is 5.92 Å². The van der Waals surface area contributed by atoms with Crippen molar-refractivity contribution < 1.29 is 13.3 Å². The Hall–Kier alpha value is -0.176. The van der Waals surface area contributed by atoms with Gasteiger partial charge in [-0.15, -0.1) is 0 Å². The van der Waals surface area contributed by atoms with Crippen molar-refractivity contribution in [3.8, 4) is 0 Å². The lowest BCUT2D eigenvalue weighted by Crippen LogP contribution is -2.49. The quantitative estimate of drug-likeness (QED) is 0.758. The van der Waals surface area contributed by atoms with E-state index in [4.69, 9.17) is 14.3 Å². The highest BCUT2D eigenvalue weighted by Crippen LogP contribution is 2.16. The Morgan fingerprint density at radius 1 is 1.18 bits per heavy atom. The summed E-state index contributed by atoms with van der Waals surface area (Å²) in [4.78, 5) is 11.8. The molecule has 0 saturated carbocycles. The zero-order chi connectivity index (χ0) is 13.9. The summed E-state index contributed by atoms with van der Waals surface area (Å²) in [7, 11) is -4.07. The molecule has 0 aromatic heterocycles. The molecule has 1 atom stereocenters. The minimum absolute atomic E-state index is 0.325. The molecule has 0 saturated heterocycles. The summed E-state index contributed by atoms with van der Waals surface area (Å²) in [5.74, 6) is 0.0638. The Bertz CT molecular complexity index is 262. The summed E-state index contributed by atoms with van der Waals surface area (Å²) in [6.45, 7) is 14.1. The smallest absolute Gasteiger partial charge is 0.385 e. The third-order valence-electron chi connectivity index (χ3n) is 1.93. The Balaban J connectivity index is 4.36. The Labute approximate surface area is 107 Å². The van der Waals surface area contributed by atoms with E-state index in [1.54, 1.807) is 0 Å². The normalized spacial score (nSPS) is 14.9. The molecule has 0 aromatic rings. The largest absolute Gasteiger partial charge is 0.494 e. The van der Waals surface area contributed by atoms with Crippen LogP contribution < -0.4 is 5.73 Å². The highest BCUT2D eigenvalue weighted by atomic mass is 28.4. The van der Waals surface area contributed by atoms with Crippen molar-refractivity contribution >= 4 is 22.8 Å². The van der Waals surface area contributed by atoms with Gasteiger partial charge in [0.05, 0.1) is 0 Å². The summed E-state index contributed by atoms with van der Waals surface area (Å²) in [5.41, 5.74) is 5.79. The van der Waals surface area contributed by atoms with Crippen LogP contribution in [0.1, 0.15) is 20.3 Å². The first-order valence-electron chi connectivity index (χ1n) is 6.11. The molecule has 17 heavy (non-hydrogen) atoms. The maximum absolute atomic E-state index is 11.8. The molecule has 102 valence electrons. The Morgan fingerprint density at radius 2 is 1.65 bits per heavy atom. The number of hydrogen-bond donors (Lipinski definition) is 1. The Kier molecular flexibility index (Phi) is 6.06. The maximum Gasteiger partial charge on any atom is 0.385 e. The SMILES string of the molecule is CC(C)C[C@H](N)C(=O)O[Si](C)(C)O[Si](C)(C)C. The van der Waals surface area contributed by atoms with Gasteiger partial charge in [-0.3, -0.25) is 4.79 Å². The van der Waals surface area contributed by atoms with Crippen molar-refractivity contribution in [2.24, 2.45) is 11.7 Å². The second-order valence-corrected chi connectivity index (χ2v) is 14.3. The van der Waals surface area contributed by atoms with E-state index in [2.05, 4.69) is 19.6 Å². The van der Waals surface area contributed by atoms with E-state index in [0.717, 1.165) is 0 Å². The predicted molar refractivity (Wildman–Crippen MR) is 75.4 cm³/mol. The first-order valence-corrected chi connectivity index (χ1v) is 12.3. The monoisotopic (exact) mass is 277 g/mol. The van der Waals surface area contributed by atoms with E-state index in [0.29, 0.717) is 12.3 Å². The molecule has 0 spiro atoms. The molecule has 4 nitrogen and oxygen atoms in total. The fourth-order valence-corrected chi connectivity index (χ4v) is 8.38. The van der Waals surface area contributed by atoms with Crippen LogP contribution in [0.5, 0.6) is 0 Å². The van der Waals surface area contributed by atoms with Gasteiger partial charge >= 0.3 is 14.5 Å². The molecular weight excluding hydrogens is 250 g/mol. The fraction of sp³-hybridized carbons (Fsp3) is 0.909. The van der Waals surface area contributed by atoms with Crippen LogP contribution in [0.15, 0.2) is 0 Å². The molecule has 0 bridgehead atoms. The topological polar surface area (TPSA) is 61.6 Å². The third-order valence-corrected chi connectivity index (χ3v) is 7.04. The third kappa shape index (κ3) is 8.53. The Morgan fingerprint density at radius 3 is 2.00 bits per heavy atom. The van der Waals surface area contributed by atoms with Crippen LogP contribution in [0.25, 0.3) is 0 Å². The molecule has 0 aromatic carbocycles. The van der Waals surface area contributed by atoms with Gasteiger partial charge in [-0.05, 0) is 45.1 Å². The highest BCUT2D eigenvalue weighted by molar-refractivity contribution is 6.81. The first-order chi connectivity index (χ1) is 7.43. The molecular formula is C11H27NO3Si2. The van der Waals surface area contributed by atoms with Crippen molar-refractivity contribution in [1.29, 1.82) is 0 Å². The van der Waals surface area contributed by atoms with Gasteiger partial charge in [-0.25, -0.2) is 0 Å². The molecule has 0 heterocycles. The van der Waals surface area contributed by atoms with E-state index in [-0.39, 0.29) is 5.97 Å². The highest BCUT2D eigenvalue weighted by Gasteiger charge is 2.36. The second kappa shape index (κ2) is 6.13. The van der Waals surface area contributed by atoms with Gasteiger partial charge in [0, 0.05) is 0 Å². The molecule has 0 unspecified atom stereocenters. The minimum Gasteiger partial charge on any atom is -0.494 e. The molecule has 0 aliphatic rings. The van der Waals surface area contributed by atoms with Gasteiger partial charge in [0.15, 0.2) is 8.32 Å². The molecule has 0 aliphatic carbocycles. The van der Waals surface area contributed by atoms with Gasteiger partial charge in [0.1, 0.15) is 6.04 Å². The lowest BCUT2D eigenvalue weighted by molar-refractivity contribution is -0.137. The van der Waals surface area contributed by atoms with Gasteiger partial charge in [-0.1, -0.05) is 13.8 Å². The van der Waals surface area contributed by atoms with Crippen LogP contribution in [-0.2, 0) is 13.3 Å². The number of rotatable bonds is 6. The average Bonchev–Trinajstić information content (AvgIpc) is 1.95. The summed E-state index contributed by atoms with van der Waals surface area (Å²) >= 11 is 0. The van der Waals surface area contributed by atoms with Crippen molar-refractivity contribution in [1.82, 2.24) is 0 Å². The average molecular weight is 278 g/mol. The molecule has 0 radical (unpaired) electrons. The minimum atomic E-state index is -2.38. The van der Waals surface area contributed by atoms with Crippen molar-refractivity contribution in [2.75, 3.05) is 0 Å². The molecule has 0 amide bonds. The van der Waals surface area contributed by atoms with E-state index in [1.807, 2.05) is 26.9 Å². The van der Waals surface area contributed by atoms with Crippen LogP contribution in [-0.4, -0.2) is 28.9 Å². The standard InChI is InChI=1S/C11H27NO3Si2/c1-9(2)8-10(12)11(13)14-17(6,7)15-16(3,4)5/h9-10H,8,12H2,1-7H3/t10-/m0/s1. The van der Waals surface area contributed by atoms with Crippen molar-refractivity contribution in [3.05, 3.63) is 0 Å². The number of hydrogen-bond acceptors (Lipinski definition) is 4. The second-order valence-electron chi connectivity index (χ2n) is 6.27. The molecule has 0 rings (SSSR count). The lowest BCUT2D eigenvalue weighted by Gasteiger charge is -2.31. The number of nitrogens with two attached hydrogens (primary N) is 1. The van der Waals surface area contributed by atoms with E-state index in [9.17, 15) is 4.79 Å². The zero-order valence-corrected chi connectivity index (χ0v) is 14.2. The van der Waals surface area contributed by atoms with E-state index >= 15 is 0 Å². The molecule has 0 aliphatic heterocycles. The maximum atomic E-state index is 11.8. The van der Waals surface area contributed by atoms with E-state index < -0.39 is 22.9 Å². The van der Waals surface area contributed by atoms with Crippen LogP contribution in [0.4, 0.5) is 0 Å². The fourth-order valence-electron chi connectivity index (χ4n) is 1.68. The van der Waals surface area contributed by atoms with Gasteiger partial charge < -0.3 is 14.3 Å². The summed E-state index contributed by atoms with van der Waals surface area (Å²) in [6, 6.07) is -0.535. The van der Waals surface area contributed by atoms with Crippen molar-refractivity contribution in [3.63, 3.8) is 0 Å². The van der Waals surface area contributed by atoms with E-state index in [1.165, 1.54) is 0 Å². The van der Waals surface area contributed by atoms with Crippen LogP contribution in [0.3, 0.4) is 0 Å². The summed E-state index contributed by atoms with van der Waals surface area (Å²) in [5, 5.41) is 0. The van der Waals surface area contributed by atoms with Gasteiger partial charge in [0.25, 0.3) is 0 Å². The zero-order valence-electron chi connectivity index (χ0n) is 12.2.